The van der Waals surface area contributed by atoms with Crippen molar-refractivity contribution in [1.82, 2.24) is 4.90 Å². The zero-order valence-electron chi connectivity index (χ0n) is 9.95. The van der Waals surface area contributed by atoms with Crippen LogP contribution in [0.3, 0.4) is 0 Å². The van der Waals surface area contributed by atoms with Crippen LogP contribution >= 0.6 is 11.8 Å². The molecule has 90 valence electrons. The lowest BCUT2D eigenvalue weighted by atomic mass is 10.3. The van der Waals surface area contributed by atoms with E-state index in [1.165, 1.54) is 0 Å². The Labute approximate surface area is 97.7 Å². The van der Waals surface area contributed by atoms with Crippen LogP contribution < -0.4 is 5.73 Å². The Hall–Kier alpha value is 0.230. The molecular weight excluding hydrogens is 208 g/mol. The van der Waals surface area contributed by atoms with Gasteiger partial charge in [-0.05, 0) is 13.0 Å². The largest absolute Gasteiger partial charge is 0.375 e. The minimum Gasteiger partial charge on any atom is -0.375 e. The summed E-state index contributed by atoms with van der Waals surface area (Å²) in [7, 11) is 0. The van der Waals surface area contributed by atoms with Crippen LogP contribution in [-0.2, 0) is 4.74 Å². The molecule has 0 bridgehead atoms. The second-order valence-electron chi connectivity index (χ2n) is 4.09. The monoisotopic (exact) mass is 232 g/mol. The summed E-state index contributed by atoms with van der Waals surface area (Å²) in [5.41, 5.74) is 5.87. The maximum atomic E-state index is 5.87. The Kier molecular flexibility index (Phi) is 6.64. The molecule has 0 aromatic heterocycles. The number of rotatable bonds is 6. The average Bonchev–Trinajstić information content (AvgIpc) is 2.29. The quantitative estimate of drug-likeness (QED) is 0.746. The number of ether oxygens (including phenoxy) is 1. The van der Waals surface area contributed by atoms with E-state index in [2.05, 4.69) is 18.7 Å². The van der Waals surface area contributed by atoms with Crippen molar-refractivity contribution < 1.29 is 4.74 Å². The maximum absolute atomic E-state index is 5.87. The van der Waals surface area contributed by atoms with Crippen molar-refractivity contribution in [3.63, 3.8) is 0 Å². The van der Waals surface area contributed by atoms with Crippen molar-refractivity contribution in [2.24, 2.45) is 5.73 Å². The highest BCUT2D eigenvalue weighted by atomic mass is 32.2. The Balaban J connectivity index is 2.10. The van der Waals surface area contributed by atoms with Crippen molar-refractivity contribution in [2.75, 3.05) is 37.7 Å². The van der Waals surface area contributed by atoms with Crippen LogP contribution in [-0.4, -0.2) is 54.8 Å². The summed E-state index contributed by atoms with van der Waals surface area (Å²) in [5, 5.41) is 0. The first kappa shape index (κ1) is 13.3. The van der Waals surface area contributed by atoms with Crippen LogP contribution in [0.4, 0.5) is 0 Å². The van der Waals surface area contributed by atoms with E-state index in [1.807, 2.05) is 11.8 Å². The molecule has 1 aliphatic rings. The predicted molar refractivity (Wildman–Crippen MR) is 67.4 cm³/mol. The van der Waals surface area contributed by atoms with Crippen LogP contribution in [0.25, 0.3) is 0 Å². The van der Waals surface area contributed by atoms with Gasteiger partial charge in [0.15, 0.2) is 0 Å². The smallest absolute Gasteiger partial charge is 0.0792 e. The van der Waals surface area contributed by atoms with Crippen LogP contribution in [0.15, 0.2) is 0 Å². The van der Waals surface area contributed by atoms with Gasteiger partial charge in [0.1, 0.15) is 0 Å². The first-order valence-electron chi connectivity index (χ1n) is 5.93. The fourth-order valence-corrected chi connectivity index (χ4v) is 2.78. The van der Waals surface area contributed by atoms with Crippen molar-refractivity contribution in [2.45, 2.75) is 32.4 Å². The van der Waals surface area contributed by atoms with Gasteiger partial charge in [0.2, 0.25) is 0 Å². The molecule has 0 saturated carbocycles. The average molecular weight is 232 g/mol. The third-order valence-electron chi connectivity index (χ3n) is 2.83. The standard InChI is InChI=1S/C11H24N2OS/c1-3-10(12)8-15-9-11-7-13(4-2)5-6-14-11/h10-11H,3-9,12H2,1-2H3. The number of thioether (sulfide) groups is 1. The molecule has 1 heterocycles. The van der Waals surface area contributed by atoms with Gasteiger partial charge in [0, 0.05) is 30.6 Å². The summed E-state index contributed by atoms with van der Waals surface area (Å²) in [6.07, 6.45) is 1.48. The number of nitrogens with zero attached hydrogens (tertiary/aromatic N) is 1. The van der Waals surface area contributed by atoms with E-state index in [0.29, 0.717) is 12.1 Å². The summed E-state index contributed by atoms with van der Waals surface area (Å²) in [4.78, 5) is 2.45. The fourth-order valence-electron chi connectivity index (χ4n) is 1.64. The first-order chi connectivity index (χ1) is 7.26. The second kappa shape index (κ2) is 7.49. The number of morpholine rings is 1. The molecule has 2 atom stereocenters. The topological polar surface area (TPSA) is 38.5 Å². The van der Waals surface area contributed by atoms with Crippen LogP contribution in [0.1, 0.15) is 20.3 Å². The van der Waals surface area contributed by atoms with Gasteiger partial charge in [0.05, 0.1) is 12.7 Å². The van der Waals surface area contributed by atoms with E-state index in [4.69, 9.17) is 10.5 Å². The molecular formula is C11H24N2OS. The zero-order chi connectivity index (χ0) is 11.1. The Morgan fingerprint density at radius 2 is 2.33 bits per heavy atom. The lowest BCUT2D eigenvalue weighted by molar-refractivity contribution is -0.0137. The van der Waals surface area contributed by atoms with Crippen molar-refractivity contribution in [1.29, 1.82) is 0 Å². The second-order valence-corrected chi connectivity index (χ2v) is 5.17. The lowest BCUT2D eigenvalue weighted by Crippen LogP contribution is -2.43. The fraction of sp³-hybridized carbons (Fsp3) is 1.00. The minimum absolute atomic E-state index is 0.348. The zero-order valence-corrected chi connectivity index (χ0v) is 10.8. The summed E-state index contributed by atoms with van der Waals surface area (Å²) < 4.78 is 5.72. The minimum atomic E-state index is 0.348. The van der Waals surface area contributed by atoms with Gasteiger partial charge in [-0.3, -0.25) is 4.90 Å². The van der Waals surface area contributed by atoms with E-state index in [0.717, 1.165) is 44.2 Å². The molecule has 3 nitrogen and oxygen atoms in total. The van der Waals surface area contributed by atoms with E-state index in [1.54, 1.807) is 0 Å². The molecule has 0 aromatic carbocycles. The third kappa shape index (κ3) is 5.20. The Morgan fingerprint density at radius 3 is 3.00 bits per heavy atom. The van der Waals surface area contributed by atoms with E-state index in [-0.39, 0.29) is 0 Å². The predicted octanol–water partition coefficient (Wildman–Crippen LogP) is 1.18. The molecule has 4 heteroatoms. The molecule has 2 unspecified atom stereocenters. The molecule has 1 aliphatic heterocycles. The molecule has 1 fully saturated rings. The van der Waals surface area contributed by atoms with Gasteiger partial charge in [0.25, 0.3) is 0 Å². The molecule has 0 aromatic rings. The van der Waals surface area contributed by atoms with Crippen molar-refractivity contribution in [3.8, 4) is 0 Å². The van der Waals surface area contributed by atoms with E-state index in [9.17, 15) is 0 Å². The van der Waals surface area contributed by atoms with Gasteiger partial charge in [-0.25, -0.2) is 0 Å². The summed E-state index contributed by atoms with van der Waals surface area (Å²) in [5.74, 6) is 2.15. The normalized spacial score (nSPS) is 25.4. The molecule has 0 aliphatic carbocycles. The van der Waals surface area contributed by atoms with Gasteiger partial charge >= 0.3 is 0 Å². The molecule has 1 saturated heterocycles. The van der Waals surface area contributed by atoms with Crippen LogP contribution in [0.2, 0.25) is 0 Å². The molecule has 0 amide bonds. The van der Waals surface area contributed by atoms with Crippen LogP contribution in [0.5, 0.6) is 0 Å². The Morgan fingerprint density at radius 1 is 1.53 bits per heavy atom. The molecule has 15 heavy (non-hydrogen) atoms. The third-order valence-corrected chi connectivity index (χ3v) is 4.10. The van der Waals surface area contributed by atoms with Crippen molar-refractivity contribution in [3.05, 3.63) is 0 Å². The molecule has 0 spiro atoms. The summed E-state index contributed by atoms with van der Waals surface area (Å²) >= 11 is 1.93. The first-order valence-corrected chi connectivity index (χ1v) is 7.09. The van der Waals surface area contributed by atoms with Gasteiger partial charge in [-0.15, -0.1) is 0 Å². The highest BCUT2D eigenvalue weighted by Gasteiger charge is 2.19. The lowest BCUT2D eigenvalue weighted by Gasteiger charge is -2.32. The number of hydrogen-bond donors (Lipinski definition) is 1. The molecule has 1 rings (SSSR count). The SMILES string of the molecule is CCC(N)CSCC1CN(CC)CCO1. The van der Waals surface area contributed by atoms with E-state index >= 15 is 0 Å². The van der Waals surface area contributed by atoms with Gasteiger partial charge in [-0.2, -0.15) is 11.8 Å². The molecule has 0 radical (unpaired) electrons. The number of nitrogens with two attached hydrogens (primary N) is 1. The van der Waals surface area contributed by atoms with Gasteiger partial charge in [-0.1, -0.05) is 13.8 Å². The highest BCUT2D eigenvalue weighted by Crippen LogP contribution is 2.12. The number of likely N-dealkylation sites (N-methyl/N-ethyl adjacent to an activating group) is 1. The summed E-state index contributed by atoms with van der Waals surface area (Å²) in [6, 6.07) is 0.348. The van der Waals surface area contributed by atoms with Crippen molar-refractivity contribution >= 4 is 11.8 Å². The molecule has 2 N–H and O–H groups in total. The summed E-state index contributed by atoms with van der Waals surface area (Å²) in [6.45, 7) is 8.55. The number of hydrogen-bond acceptors (Lipinski definition) is 4. The van der Waals surface area contributed by atoms with Crippen LogP contribution in [0, 0.1) is 0 Å². The maximum Gasteiger partial charge on any atom is 0.0792 e. The Bertz CT molecular complexity index is 169. The highest BCUT2D eigenvalue weighted by molar-refractivity contribution is 7.99. The van der Waals surface area contributed by atoms with E-state index < -0.39 is 0 Å². The van der Waals surface area contributed by atoms with Gasteiger partial charge < -0.3 is 10.5 Å².